The minimum atomic E-state index is 1.30. The predicted octanol–water partition coefficient (Wildman–Crippen LogP) is 1.41. The molecule has 1 rings (SSSR count). The fourth-order valence-corrected chi connectivity index (χ4v) is 1.15. The molecule has 0 radical (unpaired) electrons. The van der Waals surface area contributed by atoms with Crippen molar-refractivity contribution in [3.63, 3.8) is 0 Å². The molecule has 0 bridgehead atoms. The van der Waals surface area contributed by atoms with E-state index in [0.29, 0.717) is 0 Å². The van der Waals surface area contributed by atoms with Crippen LogP contribution in [0.15, 0.2) is 23.4 Å². The molecule has 0 aromatic carbocycles. The van der Waals surface area contributed by atoms with Crippen molar-refractivity contribution in [3.8, 4) is 0 Å². The average molecular weight is 156 g/mol. The summed E-state index contributed by atoms with van der Waals surface area (Å²) in [6, 6.07) is 2.10. The molecule has 0 aliphatic carbocycles. The van der Waals surface area contributed by atoms with Gasteiger partial charge in [-0.1, -0.05) is 0 Å². The number of nitrogens with zero attached hydrogens (tertiary/aromatic N) is 2. The van der Waals surface area contributed by atoms with Crippen molar-refractivity contribution >= 4 is 11.8 Å². The molecule has 0 fully saturated rings. The molecule has 1 aromatic heterocycles. The number of hydrogen-bond acceptors (Lipinski definition) is 2. The van der Waals surface area contributed by atoms with E-state index in [0.717, 1.165) is 0 Å². The summed E-state index contributed by atoms with van der Waals surface area (Å²) in [6.45, 7) is 0. The molecular formula is C7H12N2S. The van der Waals surface area contributed by atoms with E-state index in [-0.39, 0.29) is 0 Å². The number of thioether (sulfide) groups is 1. The molecule has 0 amide bonds. The Kier molecular flexibility index (Phi) is 2.27. The molecule has 0 aliphatic heterocycles. The lowest BCUT2D eigenvalue weighted by atomic mass is 10.7. The molecule has 0 aliphatic rings. The van der Waals surface area contributed by atoms with Crippen LogP contribution in [0.5, 0.6) is 0 Å². The number of hydrogen-bond donors (Lipinski definition) is 0. The highest BCUT2D eigenvalue weighted by Gasteiger charge is 1.93. The van der Waals surface area contributed by atoms with Crippen LogP contribution in [0.1, 0.15) is 0 Å². The van der Waals surface area contributed by atoms with E-state index in [1.807, 2.05) is 30.0 Å². The molecule has 1 heterocycles. The van der Waals surface area contributed by atoms with Gasteiger partial charge in [0.05, 0.1) is 0 Å². The van der Waals surface area contributed by atoms with Gasteiger partial charge in [-0.05, 0) is 12.3 Å². The fraction of sp³-hybridized carbons (Fsp3) is 0.429. The van der Waals surface area contributed by atoms with Gasteiger partial charge in [-0.25, -0.2) is 0 Å². The lowest BCUT2D eigenvalue weighted by Crippen LogP contribution is -2.22. The normalized spacial score (nSPS) is 9.90. The van der Waals surface area contributed by atoms with Crippen molar-refractivity contribution < 1.29 is 0 Å². The third-order valence-corrected chi connectivity index (χ3v) is 2.06. The van der Waals surface area contributed by atoms with Crippen molar-refractivity contribution in [1.82, 2.24) is 4.68 Å². The zero-order chi connectivity index (χ0) is 7.56. The first-order valence-corrected chi connectivity index (χ1v) is 4.36. The summed E-state index contributed by atoms with van der Waals surface area (Å²) in [4.78, 5) is 1.30. The topological polar surface area (TPSA) is 8.17 Å². The number of aromatic nitrogens is 1. The van der Waals surface area contributed by atoms with Gasteiger partial charge in [0, 0.05) is 31.4 Å². The first-order chi connectivity index (χ1) is 4.74. The van der Waals surface area contributed by atoms with Crippen molar-refractivity contribution in [2.75, 3.05) is 25.4 Å². The highest BCUT2D eigenvalue weighted by Crippen LogP contribution is 2.13. The van der Waals surface area contributed by atoms with Crippen molar-refractivity contribution in [2.45, 2.75) is 4.90 Å². The Bertz CT molecular complexity index is 205. The van der Waals surface area contributed by atoms with Gasteiger partial charge >= 0.3 is 0 Å². The van der Waals surface area contributed by atoms with Gasteiger partial charge < -0.3 is 5.01 Å². The van der Waals surface area contributed by atoms with Gasteiger partial charge in [0.1, 0.15) is 0 Å². The second-order valence-corrected chi connectivity index (χ2v) is 3.16. The van der Waals surface area contributed by atoms with E-state index >= 15 is 0 Å². The van der Waals surface area contributed by atoms with Crippen LogP contribution in [-0.4, -0.2) is 25.0 Å². The molecule has 0 N–H and O–H groups in total. The van der Waals surface area contributed by atoms with E-state index in [4.69, 9.17) is 0 Å². The summed E-state index contributed by atoms with van der Waals surface area (Å²) in [5.41, 5.74) is 0. The first kappa shape index (κ1) is 7.54. The highest BCUT2D eigenvalue weighted by molar-refractivity contribution is 7.98. The summed E-state index contributed by atoms with van der Waals surface area (Å²) in [5.74, 6) is 0. The van der Waals surface area contributed by atoms with E-state index in [2.05, 4.69) is 18.5 Å². The SMILES string of the molecule is CSc1ccn(N(C)C)c1. The molecule has 1 aromatic rings. The standard InChI is InChI=1S/C7H12N2S/c1-8(2)9-5-4-7(6-9)10-3/h4-6H,1-3H3. The van der Waals surface area contributed by atoms with E-state index in [1.165, 1.54) is 4.90 Å². The molecule has 3 heteroatoms. The van der Waals surface area contributed by atoms with Crippen molar-refractivity contribution in [2.24, 2.45) is 0 Å². The van der Waals surface area contributed by atoms with Gasteiger partial charge in [-0.15, -0.1) is 11.8 Å². The lowest BCUT2D eigenvalue weighted by molar-refractivity contribution is 0.733. The quantitative estimate of drug-likeness (QED) is 0.598. The molecule has 0 saturated carbocycles. The lowest BCUT2D eigenvalue weighted by Gasteiger charge is -2.12. The van der Waals surface area contributed by atoms with Gasteiger partial charge in [-0.2, -0.15) is 0 Å². The van der Waals surface area contributed by atoms with Crippen LogP contribution in [0.25, 0.3) is 0 Å². The second-order valence-electron chi connectivity index (χ2n) is 2.28. The molecule has 0 unspecified atom stereocenters. The minimum absolute atomic E-state index is 1.30. The van der Waals surface area contributed by atoms with Crippen LogP contribution < -0.4 is 5.01 Å². The smallest absolute Gasteiger partial charge is 0.0396 e. The minimum Gasteiger partial charge on any atom is -0.319 e. The summed E-state index contributed by atoms with van der Waals surface area (Å²) in [7, 11) is 4.04. The molecule has 10 heavy (non-hydrogen) atoms. The monoisotopic (exact) mass is 156 g/mol. The second kappa shape index (κ2) is 3.01. The molecule has 0 saturated heterocycles. The first-order valence-electron chi connectivity index (χ1n) is 3.13. The van der Waals surface area contributed by atoms with Gasteiger partial charge in [-0.3, -0.25) is 4.68 Å². The van der Waals surface area contributed by atoms with Crippen LogP contribution in [0.4, 0.5) is 0 Å². The Hall–Kier alpha value is -0.570. The average Bonchev–Trinajstić information content (AvgIpc) is 2.34. The maximum Gasteiger partial charge on any atom is 0.0396 e. The highest BCUT2D eigenvalue weighted by atomic mass is 32.2. The fourth-order valence-electron chi connectivity index (χ4n) is 0.736. The molecular weight excluding hydrogens is 144 g/mol. The van der Waals surface area contributed by atoms with Gasteiger partial charge in [0.15, 0.2) is 0 Å². The Morgan fingerprint density at radius 3 is 2.50 bits per heavy atom. The predicted molar refractivity (Wildman–Crippen MR) is 46.3 cm³/mol. The van der Waals surface area contributed by atoms with Crippen molar-refractivity contribution in [3.05, 3.63) is 18.5 Å². The molecule has 0 spiro atoms. The van der Waals surface area contributed by atoms with E-state index < -0.39 is 0 Å². The Morgan fingerprint density at radius 1 is 1.50 bits per heavy atom. The molecule has 0 atom stereocenters. The van der Waals surface area contributed by atoms with E-state index in [1.54, 1.807) is 11.8 Å². The molecule has 2 nitrogen and oxygen atoms in total. The Morgan fingerprint density at radius 2 is 2.20 bits per heavy atom. The summed E-state index contributed by atoms with van der Waals surface area (Å²) < 4.78 is 2.05. The number of rotatable bonds is 2. The van der Waals surface area contributed by atoms with Crippen LogP contribution in [0.2, 0.25) is 0 Å². The van der Waals surface area contributed by atoms with Crippen LogP contribution in [-0.2, 0) is 0 Å². The third kappa shape index (κ3) is 1.48. The zero-order valence-corrected chi connectivity index (χ0v) is 7.35. The van der Waals surface area contributed by atoms with Gasteiger partial charge in [0.2, 0.25) is 0 Å². The van der Waals surface area contributed by atoms with Crippen molar-refractivity contribution in [1.29, 1.82) is 0 Å². The Labute approximate surface area is 65.8 Å². The van der Waals surface area contributed by atoms with Gasteiger partial charge in [0.25, 0.3) is 0 Å². The largest absolute Gasteiger partial charge is 0.319 e. The molecule has 56 valence electrons. The zero-order valence-electron chi connectivity index (χ0n) is 6.53. The summed E-state index contributed by atoms with van der Waals surface area (Å²) in [6.07, 6.45) is 6.23. The van der Waals surface area contributed by atoms with E-state index in [9.17, 15) is 0 Å². The summed E-state index contributed by atoms with van der Waals surface area (Å²) >= 11 is 1.76. The third-order valence-electron chi connectivity index (χ3n) is 1.35. The van der Waals surface area contributed by atoms with Crippen LogP contribution in [0.3, 0.4) is 0 Å². The summed E-state index contributed by atoms with van der Waals surface area (Å²) in [5, 5.41) is 2.03. The van der Waals surface area contributed by atoms with Crippen LogP contribution in [0, 0.1) is 0 Å². The maximum atomic E-state index is 2.10. The maximum absolute atomic E-state index is 2.10. The van der Waals surface area contributed by atoms with Crippen LogP contribution >= 0.6 is 11.8 Å². The Balaban J connectivity index is 2.78.